The molecule has 0 bridgehead atoms. The maximum absolute atomic E-state index is 13.2. The zero-order chi connectivity index (χ0) is 13.2. The average Bonchev–Trinajstić information content (AvgIpc) is 2.93. The van der Waals surface area contributed by atoms with Gasteiger partial charge in [-0.05, 0) is 37.6 Å². The third kappa shape index (κ3) is 2.67. The number of rotatable bonds is 2. The van der Waals surface area contributed by atoms with Crippen molar-refractivity contribution in [2.24, 2.45) is 0 Å². The second kappa shape index (κ2) is 5.35. The van der Waals surface area contributed by atoms with E-state index in [-0.39, 0.29) is 0 Å². The molecule has 0 amide bonds. The van der Waals surface area contributed by atoms with E-state index >= 15 is 0 Å². The molecular weight excluding hydrogens is 266 g/mol. The van der Waals surface area contributed by atoms with E-state index in [2.05, 4.69) is 10.3 Å². The maximum Gasteiger partial charge on any atom is 0.159 e. The Morgan fingerprint density at radius 3 is 2.89 bits per heavy atom. The molecule has 2 nitrogen and oxygen atoms in total. The normalized spacial score (nSPS) is 19.6. The summed E-state index contributed by atoms with van der Waals surface area (Å²) in [4.78, 5) is 4.56. The van der Waals surface area contributed by atoms with Crippen LogP contribution in [0.3, 0.4) is 0 Å². The molecule has 1 aromatic heterocycles. The number of hydrogen-bond donors (Lipinski definition) is 1. The van der Waals surface area contributed by atoms with Crippen LogP contribution < -0.4 is 5.32 Å². The van der Waals surface area contributed by atoms with Crippen molar-refractivity contribution in [3.63, 3.8) is 0 Å². The van der Waals surface area contributed by atoms with E-state index in [1.807, 2.05) is 5.38 Å². The molecule has 2 aromatic rings. The van der Waals surface area contributed by atoms with E-state index < -0.39 is 11.6 Å². The van der Waals surface area contributed by atoms with Crippen molar-refractivity contribution in [2.45, 2.75) is 18.8 Å². The molecule has 5 heteroatoms. The first-order valence-electron chi connectivity index (χ1n) is 6.35. The fourth-order valence-electron chi connectivity index (χ4n) is 2.33. The molecule has 1 aliphatic rings. The van der Waals surface area contributed by atoms with Crippen molar-refractivity contribution in [3.05, 3.63) is 40.2 Å². The molecule has 0 saturated carbocycles. The molecule has 0 aliphatic carbocycles. The predicted molar refractivity (Wildman–Crippen MR) is 72.3 cm³/mol. The molecule has 3 rings (SSSR count). The van der Waals surface area contributed by atoms with Gasteiger partial charge in [0.1, 0.15) is 0 Å². The Labute approximate surface area is 114 Å². The fraction of sp³-hybridized carbons (Fsp3) is 0.357. The third-order valence-corrected chi connectivity index (χ3v) is 4.39. The summed E-state index contributed by atoms with van der Waals surface area (Å²) in [5.41, 5.74) is 1.36. The third-order valence-electron chi connectivity index (χ3n) is 3.38. The lowest BCUT2D eigenvalue weighted by atomic mass is 10.0. The average molecular weight is 280 g/mol. The number of thiazole rings is 1. The van der Waals surface area contributed by atoms with Crippen molar-refractivity contribution in [1.29, 1.82) is 0 Å². The summed E-state index contributed by atoms with van der Waals surface area (Å²) in [5.74, 6) is -1.21. The van der Waals surface area contributed by atoms with Gasteiger partial charge in [0.15, 0.2) is 11.6 Å². The SMILES string of the molecule is Fc1ccc(-c2csc(C3CCCNC3)n2)cc1F. The molecule has 0 spiro atoms. The van der Waals surface area contributed by atoms with E-state index in [1.54, 1.807) is 17.4 Å². The van der Waals surface area contributed by atoms with Crippen molar-refractivity contribution in [2.75, 3.05) is 13.1 Å². The molecule has 19 heavy (non-hydrogen) atoms. The van der Waals surface area contributed by atoms with Crippen molar-refractivity contribution in [1.82, 2.24) is 10.3 Å². The number of piperidine rings is 1. The van der Waals surface area contributed by atoms with E-state index in [4.69, 9.17) is 0 Å². The zero-order valence-corrected chi connectivity index (χ0v) is 11.1. The van der Waals surface area contributed by atoms with Crippen LogP contribution in [0, 0.1) is 11.6 Å². The molecule has 1 atom stereocenters. The van der Waals surface area contributed by atoms with Crippen LogP contribution in [0.25, 0.3) is 11.3 Å². The van der Waals surface area contributed by atoms with Gasteiger partial charge in [-0.25, -0.2) is 13.8 Å². The van der Waals surface area contributed by atoms with Crippen molar-refractivity contribution >= 4 is 11.3 Å². The van der Waals surface area contributed by atoms with Gasteiger partial charge in [0, 0.05) is 23.4 Å². The Balaban J connectivity index is 1.85. The zero-order valence-electron chi connectivity index (χ0n) is 10.3. The van der Waals surface area contributed by atoms with E-state index in [0.29, 0.717) is 11.5 Å². The Bertz CT molecular complexity index is 577. The van der Waals surface area contributed by atoms with Crippen molar-refractivity contribution in [3.8, 4) is 11.3 Å². The first kappa shape index (κ1) is 12.7. The summed E-state index contributed by atoms with van der Waals surface area (Å²) in [7, 11) is 0. The van der Waals surface area contributed by atoms with E-state index in [0.717, 1.165) is 42.7 Å². The summed E-state index contributed by atoms with van der Waals surface area (Å²) in [6.45, 7) is 2.02. The molecule has 1 fully saturated rings. The molecule has 1 aliphatic heterocycles. The summed E-state index contributed by atoms with van der Waals surface area (Å²) < 4.78 is 26.1. The molecule has 1 saturated heterocycles. The molecule has 100 valence electrons. The highest BCUT2D eigenvalue weighted by atomic mass is 32.1. The summed E-state index contributed by atoms with van der Waals surface area (Å²) >= 11 is 1.59. The Morgan fingerprint density at radius 2 is 2.16 bits per heavy atom. The van der Waals surface area contributed by atoms with Gasteiger partial charge in [0.25, 0.3) is 0 Å². The van der Waals surface area contributed by atoms with Gasteiger partial charge in [-0.3, -0.25) is 0 Å². The molecule has 2 heterocycles. The summed E-state index contributed by atoms with van der Waals surface area (Å²) in [6, 6.07) is 3.91. The first-order chi connectivity index (χ1) is 9.24. The van der Waals surface area contributed by atoms with Crippen molar-refractivity contribution < 1.29 is 8.78 Å². The van der Waals surface area contributed by atoms with Crippen LogP contribution in [0.15, 0.2) is 23.6 Å². The quantitative estimate of drug-likeness (QED) is 0.910. The van der Waals surface area contributed by atoms with Crippen LogP contribution in [-0.2, 0) is 0 Å². The van der Waals surface area contributed by atoms with Gasteiger partial charge in [-0.2, -0.15) is 0 Å². The lowest BCUT2D eigenvalue weighted by Crippen LogP contribution is -2.28. The van der Waals surface area contributed by atoms with Gasteiger partial charge >= 0.3 is 0 Å². The fourth-order valence-corrected chi connectivity index (χ4v) is 3.29. The van der Waals surface area contributed by atoms with Crippen LogP contribution in [0.5, 0.6) is 0 Å². The Hall–Kier alpha value is -1.33. The van der Waals surface area contributed by atoms with Crippen LogP contribution in [-0.4, -0.2) is 18.1 Å². The number of aromatic nitrogens is 1. The van der Waals surface area contributed by atoms with Crippen LogP contribution in [0.4, 0.5) is 8.78 Å². The topological polar surface area (TPSA) is 24.9 Å². The molecule has 1 unspecified atom stereocenters. The minimum absolute atomic E-state index is 0.442. The van der Waals surface area contributed by atoms with Gasteiger partial charge in [0.05, 0.1) is 10.7 Å². The number of nitrogens with zero attached hydrogens (tertiary/aromatic N) is 1. The highest BCUT2D eigenvalue weighted by molar-refractivity contribution is 7.10. The first-order valence-corrected chi connectivity index (χ1v) is 7.23. The standard InChI is InChI=1S/C14H14F2N2S/c15-11-4-3-9(6-12(11)16)13-8-19-14(18-13)10-2-1-5-17-7-10/h3-4,6,8,10,17H,1-2,5,7H2. The van der Waals surface area contributed by atoms with E-state index in [1.165, 1.54) is 6.07 Å². The molecule has 0 radical (unpaired) electrons. The molecule has 1 aromatic carbocycles. The lowest BCUT2D eigenvalue weighted by Gasteiger charge is -2.20. The van der Waals surface area contributed by atoms with Gasteiger partial charge in [-0.1, -0.05) is 0 Å². The van der Waals surface area contributed by atoms with Crippen LogP contribution >= 0.6 is 11.3 Å². The minimum Gasteiger partial charge on any atom is -0.316 e. The predicted octanol–water partition coefficient (Wildman–Crippen LogP) is 3.56. The highest BCUT2D eigenvalue weighted by Gasteiger charge is 2.19. The summed E-state index contributed by atoms with van der Waals surface area (Å²) in [5, 5.41) is 6.35. The van der Waals surface area contributed by atoms with E-state index in [9.17, 15) is 8.78 Å². The molecular formula is C14H14F2N2S. The Kier molecular flexibility index (Phi) is 3.57. The highest BCUT2D eigenvalue weighted by Crippen LogP contribution is 2.30. The van der Waals surface area contributed by atoms with Gasteiger partial charge < -0.3 is 5.32 Å². The second-order valence-electron chi connectivity index (χ2n) is 4.74. The lowest BCUT2D eigenvalue weighted by molar-refractivity contribution is 0.460. The van der Waals surface area contributed by atoms with Gasteiger partial charge in [-0.15, -0.1) is 11.3 Å². The largest absolute Gasteiger partial charge is 0.316 e. The number of halogens is 2. The number of nitrogens with one attached hydrogen (secondary N) is 1. The van der Waals surface area contributed by atoms with Gasteiger partial charge in [0.2, 0.25) is 0 Å². The number of hydrogen-bond acceptors (Lipinski definition) is 3. The van der Waals surface area contributed by atoms with Crippen LogP contribution in [0.1, 0.15) is 23.8 Å². The smallest absolute Gasteiger partial charge is 0.159 e. The number of benzene rings is 1. The monoisotopic (exact) mass is 280 g/mol. The minimum atomic E-state index is -0.827. The summed E-state index contributed by atoms with van der Waals surface area (Å²) in [6.07, 6.45) is 2.29. The van der Waals surface area contributed by atoms with Crippen LogP contribution in [0.2, 0.25) is 0 Å². The second-order valence-corrected chi connectivity index (χ2v) is 5.63. The Morgan fingerprint density at radius 1 is 1.26 bits per heavy atom. The molecule has 1 N–H and O–H groups in total. The maximum atomic E-state index is 13.2.